The zero-order valence-corrected chi connectivity index (χ0v) is 23.4. The molecule has 1 aromatic carbocycles. The Kier molecular flexibility index (Phi) is 8.54. The molecule has 1 unspecified atom stereocenters. The zero-order chi connectivity index (χ0) is 30.0. The lowest BCUT2D eigenvalue weighted by Crippen LogP contribution is -2.56. The first kappa shape index (κ1) is 29.6. The van der Waals surface area contributed by atoms with Crippen LogP contribution in [0.5, 0.6) is 6.01 Å². The number of anilines is 2. The molecule has 4 heterocycles. The molecular weight excluding hydrogens is 554 g/mol. The summed E-state index contributed by atoms with van der Waals surface area (Å²) >= 11 is 0. The molecule has 2 atom stereocenters. The fourth-order valence-corrected chi connectivity index (χ4v) is 6.05. The number of piperazine rings is 1. The highest BCUT2D eigenvalue weighted by atomic mass is 19.4. The van der Waals surface area contributed by atoms with Gasteiger partial charge in [-0.3, -0.25) is 4.79 Å². The molecule has 3 aliphatic heterocycles. The summed E-state index contributed by atoms with van der Waals surface area (Å²) in [4.78, 5) is 32.7. The van der Waals surface area contributed by atoms with E-state index in [-0.39, 0.29) is 49.3 Å². The number of amides is 1. The highest BCUT2D eigenvalue weighted by Gasteiger charge is 2.40. The smallest absolute Gasteiger partial charge is 0.421 e. The van der Waals surface area contributed by atoms with Gasteiger partial charge >= 0.3 is 12.2 Å². The molecule has 9 nitrogen and oxygen atoms in total. The Bertz CT molecular complexity index is 1380. The number of nitrogens with zero attached hydrogens (tertiary/aromatic N) is 7. The Balaban J connectivity index is 1.49. The second-order valence-electron chi connectivity index (χ2n) is 10.8. The highest BCUT2D eigenvalue weighted by Crippen LogP contribution is 2.40. The molecule has 0 N–H and O–H groups in total. The number of fused-ring (bicyclic) bond motifs is 1. The standard InChI is InChI=1S/C29H33F4N7O2/c1-4-25(41)40-14-13-39(16-20(40)15-34-2)27-21-10-12-38(24-9-5-8-22(30)26(24)29(31,32)33)17-23(21)35-28(36-27)42-18-19-7-6-11-37(19)3/h4-5,8-9,19-20H,1,6-7,10-18H2,3H3/t19-,20?/m0/s1. The summed E-state index contributed by atoms with van der Waals surface area (Å²) in [6.07, 6.45) is -1.27. The molecular formula is C29H33F4N7O2. The third-order valence-electron chi connectivity index (χ3n) is 8.26. The third-order valence-corrected chi connectivity index (χ3v) is 8.26. The van der Waals surface area contributed by atoms with Crippen LogP contribution >= 0.6 is 0 Å². The number of likely N-dealkylation sites (tertiary alicyclic amines) is 1. The summed E-state index contributed by atoms with van der Waals surface area (Å²) in [6.45, 7) is 13.8. The van der Waals surface area contributed by atoms with Gasteiger partial charge in [-0.05, 0) is 51.1 Å². The molecule has 42 heavy (non-hydrogen) atoms. The molecule has 2 saturated heterocycles. The highest BCUT2D eigenvalue weighted by molar-refractivity contribution is 5.87. The van der Waals surface area contributed by atoms with E-state index in [9.17, 15) is 22.4 Å². The summed E-state index contributed by atoms with van der Waals surface area (Å²) < 4.78 is 62.0. The van der Waals surface area contributed by atoms with E-state index in [4.69, 9.17) is 16.3 Å². The van der Waals surface area contributed by atoms with Crippen LogP contribution in [-0.4, -0.2) is 90.7 Å². The Morgan fingerprint density at radius 1 is 1.19 bits per heavy atom. The van der Waals surface area contributed by atoms with Gasteiger partial charge < -0.3 is 29.2 Å². The average Bonchev–Trinajstić information content (AvgIpc) is 3.38. The maximum absolute atomic E-state index is 14.4. The Labute approximate surface area is 242 Å². The molecule has 224 valence electrons. The number of hydrogen-bond acceptors (Lipinski definition) is 7. The van der Waals surface area contributed by atoms with E-state index in [1.165, 1.54) is 23.1 Å². The van der Waals surface area contributed by atoms with E-state index in [2.05, 4.69) is 21.3 Å². The van der Waals surface area contributed by atoms with Gasteiger partial charge in [-0.2, -0.15) is 23.1 Å². The molecule has 0 aliphatic carbocycles. The lowest BCUT2D eigenvalue weighted by Gasteiger charge is -2.41. The van der Waals surface area contributed by atoms with Crippen molar-refractivity contribution < 1.29 is 27.1 Å². The SMILES string of the molecule is [C-]#[N+]CC1CN(c2nc(OC[C@@H]3CCCN3C)nc3c2CCN(c2cccc(F)c2C(F)(F)F)C3)CCN1C(=O)C=C. The van der Waals surface area contributed by atoms with Crippen LogP contribution in [0.1, 0.15) is 29.7 Å². The van der Waals surface area contributed by atoms with Crippen molar-refractivity contribution in [2.45, 2.75) is 44.1 Å². The van der Waals surface area contributed by atoms with E-state index in [1.54, 1.807) is 4.90 Å². The number of alkyl halides is 3. The van der Waals surface area contributed by atoms with Crippen molar-refractivity contribution in [1.82, 2.24) is 19.8 Å². The maximum Gasteiger partial charge on any atom is 0.421 e. The van der Waals surface area contributed by atoms with Crippen LogP contribution in [0.25, 0.3) is 4.85 Å². The first-order valence-corrected chi connectivity index (χ1v) is 13.9. The lowest BCUT2D eigenvalue weighted by atomic mass is 10.0. The summed E-state index contributed by atoms with van der Waals surface area (Å²) in [5.74, 6) is -0.981. The molecule has 1 amide bonds. The minimum atomic E-state index is -4.86. The number of rotatable bonds is 7. The van der Waals surface area contributed by atoms with Crippen molar-refractivity contribution in [2.24, 2.45) is 0 Å². The topological polar surface area (TPSA) is 69.4 Å². The van der Waals surface area contributed by atoms with Crippen LogP contribution < -0.4 is 14.5 Å². The normalized spacial score (nSPS) is 21.2. The number of benzene rings is 1. The molecule has 2 fully saturated rings. The molecule has 2 aromatic rings. The van der Waals surface area contributed by atoms with E-state index < -0.39 is 17.6 Å². The maximum atomic E-state index is 14.4. The summed E-state index contributed by atoms with van der Waals surface area (Å²) in [5.41, 5.74) is -0.262. The van der Waals surface area contributed by atoms with Crippen LogP contribution in [0, 0.1) is 12.4 Å². The van der Waals surface area contributed by atoms with E-state index in [0.29, 0.717) is 44.2 Å². The van der Waals surface area contributed by atoms with Gasteiger partial charge in [0.15, 0.2) is 0 Å². The lowest BCUT2D eigenvalue weighted by molar-refractivity contribution is -0.139. The van der Waals surface area contributed by atoms with Crippen molar-refractivity contribution >= 4 is 17.4 Å². The summed E-state index contributed by atoms with van der Waals surface area (Å²) in [6, 6.07) is 3.29. The average molecular weight is 588 g/mol. The number of carbonyl (C=O) groups is 1. The van der Waals surface area contributed by atoms with Crippen LogP contribution in [0.3, 0.4) is 0 Å². The monoisotopic (exact) mass is 587 g/mol. The van der Waals surface area contributed by atoms with Gasteiger partial charge in [-0.1, -0.05) is 12.6 Å². The summed E-state index contributed by atoms with van der Waals surface area (Å²) in [7, 11) is 2.02. The van der Waals surface area contributed by atoms with Crippen molar-refractivity contribution in [1.29, 1.82) is 0 Å². The van der Waals surface area contributed by atoms with E-state index >= 15 is 0 Å². The number of halogens is 4. The van der Waals surface area contributed by atoms with Crippen molar-refractivity contribution in [2.75, 3.05) is 62.7 Å². The van der Waals surface area contributed by atoms with E-state index in [0.717, 1.165) is 31.0 Å². The summed E-state index contributed by atoms with van der Waals surface area (Å²) in [5, 5.41) is 0. The van der Waals surface area contributed by atoms with Gasteiger partial charge in [0.25, 0.3) is 0 Å². The van der Waals surface area contributed by atoms with Gasteiger partial charge in [-0.15, -0.1) is 0 Å². The second kappa shape index (κ2) is 12.1. The quantitative estimate of drug-likeness (QED) is 0.278. The van der Waals surface area contributed by atoms with Crippen LogP contribution in [0.4, 0.5) is 29.1 Å². The number of carbonyl (C=O) groups excluding carboxylic acids is 1. The number of ether oxygens (including phenoxy) is 1. The van der Waals surface area contributed by atoms with Crippen molar-refractivity contribution in [3.8, 4) is 6.01 Å². The molecule has 0 spiro atoms. The van der Waals surface area contributed by atoms with Gasteiger partial charge in [0.05, 0.1) is 17.9 Å². The van der Waals surface area contributed by atoms with Gasteiger partial charge in [-0.25, -0.2) is 11.0 Å². The molecule has 0 radical (unpaired) electrons. The Morgan fingerprint density at radius 2 is 2.00 bits per heavy atom. The largest absolute Gasteiger partial charge is 0.462 e. The molecule has 13 heteroatoms. The van der Waals surface area contributed by atoms with Gasteiger partial charge in [0.1, 0.15) is 29.8 Å². The number of likely N-dealkylation sites (N-methyl/N-ethyl adjacent to an activating group) is 1. The van der Waals surface area contributed by atoms with Gasteiger partial charge in [0.2, 0.25) is 12.5 Å². The van der Waals surface area contributed by atoms with Crippen LogP contribution in [-0.2, 0) is 23.9 Å². The predicted molar refractivity (Wildman–Crippen MR) is 149 cm³/mol. The number of hydrogen-bond donors (Lipinski definition) is 0. The van der Waals surface area contributed by atoms with Crippen molar-refractivity contribution in [3.05, 3.63) is 64.9 Å². The van der Waals surface area contributed by atoms with Crippen LogP contribution in [0.2, 0.25) is 0 Å². The van der Waals surface area contributed by atoms with E-state index in [1.807, 2.05) is 11.9 Å². The minimum absolute atomic E-state index is 0.0114. The first-order valence-electron chi connectivity index (χ1n) is 13.9. The number of aromatic nitrogens is 2. The molecule has 0 saturated carbocycles. The van der Waals surface area contributed by atoms with Crippen molar-refractivity contribution in [3.63, 3.8) is 0 Å². The molecule has 3 aliphatic rings. The van der Waals surface area contributed by atoms with Gasteiger partial charge in [0, 0.05) is 37.8 Å². The fourth-order valence-electron chi connectivity index (χ4n) is 6.05. The van der Waals surface area contributed by atoms with Crippen LogP contribution in [0.15, 0.2) is 30.9 Å². The Morgan fingerprint density at radius 3 is 2.69 bits per heavy atom. The second-order valence-corrected chi connectivity index (χ2v) is 10.8. The first-order chi connectivity index (χ1) is 20.1. The minimum Gasteiger partial charge on any atom is -0.462 e. The third kappa shape index (κ3) is 5.99. The zero-order valence-electron chi connectivity index (χ0n) is 23.4. The predicted octanol–water partition coefficient (Wildman–Crippen LogP) is 3.79. The molecule has 1 aromatic heterocycles. The Hall–Kier alpha value is -3.92. The molecule has 5 rings (SSSR count). The molecule has 0 bridgehead atoms. The fraction of sp³-hybridized carbons (Fsp3) is 0.517.